The highest BCUT2D eigenvalue weighted by molar-refractivity contribution is 6.84. The van der Waals surface area contributed by atoms with E-state index in [0.717, 1.165) is 36.6 Å². The van der Waals surface area contributed by atoms with E-state index in [4.69, 9.17) is 4.74 Å². The Morgan fingerprint density at radius 3 is 2.51 bits per heavy atom. The molecular formula is C28H37F2N3O3Si. The van der Waals surface area contributed by atoms with Gasteiger partial charge in [-0.3, -0.25) is 4.79 Å². The number of ether oxygens (including phenoxy) is 1. The van der Waals surface area contributed by atoms with Crippen molar-refractivity contribution in [2.75, 3.05) is 20.2 Å². The number of rotatable bonds is 4. The van der Waals surface area contributed by atoms with Crippen LogP contribution in [0.1, 0.15) is 56.3 Å². The number of methoxy groups -OCH3 is 1. The molecule has 3 heterocycles. The van der Waals surface area contributed by atoms with Gasteiger partial charge in [0.25, 0.3) is 5.91 Å². The predicted molar refractivity (Wildman–Crippen MR) is 143 cm³/mol. The van der Waals surface area contributed by atoms with E-state index in [2.05, 4.69) is 43.0 Å². The molecule has 1 saturated heterocycles. The van der Waals surface area contributed by atoms with Gasteiger partial charge in [-0.15, -0.1) is 5.54 Å². The van der Waals surface area contributed by atoms with Crippen LogP contribution < -0.4 is 0 Å². The fraction of sp³-hybridized carbons (Fsp3) is 0.571. The first kappa shape index (κ1) is 27.2. The van der Waals surface area contributed by atoms with Crippen LogP contribution in [0.3, 0.4) is 0 Å². The average Bonchev–Trinajstić information content (AvgIpc) is 3.22. The zero-order valence-corrected chi connectivity index (χ0v) is 23.4. The smallest absolute Gasteiger partial charge is 0.409 e. The van der Waals surface area contributed by atoms with Gasteiger partial charge >= 0.3 is 6.09 Å². The number of nitrogens with zero attached hydrogens (tertiary/aromatic N) is 2. The van der Waals surface area contributed by atoms with Crippen molar-refractivity contribution < 1.29 is 23.1 Å². The number of hydrogen-bond donors (Lipinski definition) is 1. The second kappa shape index (κ2) is 10.9. The lowest BCUT2D eigenvalue weighted by molar-refractivity contribution is -0.133. The Balaban J connectivity index is 1.83. The molecule has 1 N–H and O–H groups in total. The number of benzene rings is 1. The molecular weight excluding hydrogens is 492 g/mol. The average molecular weight is 530 g/mol. The van der Waals surface area contributed by atoms with Gasteiger partial charge in [0.15, 0.2) is 0 Å². The zero-order chi connectivity index (χ0) is 26.9. The monoisotopic (exact) mass is 529 g/mol. The van der Waals surface area contributed by atoms with Gasteiger partial charge in [0.1, 0.15) is 19.7 Å². The lowest BCUT2D eigenvalue weighted by Gasteiger charge is -2.46. The van der Waals surface area contributed by atoms with E-state index in [0.29, 0.717) is 37.7 Å². The molecule has 37 heavy (non-hydrogen) atoms. The molecule has 2 amide bonds. The Labute approximate surface area is 218 Å². The number of amides is 2. The molecule has 2 aliphatic rings. The number of aromatic nitrogens is 1. The maximum Gasteiger partial charge on any atom is 0.409 e. The van der Waals surface area contributed by atoms with Gasteiger partial charge in [0.05, 0.1) is 18.7 Å². The highest BCUT2D eigenvalue weighted by atomic mass is 28.3. The quantitative estimate of drug-likeness (QED) is 0.403. The zero-order valence-electron chi connectivity index (χ0n) is 22.4. The van der Waals surface area contributed by atoms with Crippen LogP contribution in [-0.2, 0) is 16.0 Å². The van der Waals surface area contributed by atoms with Crippen molar-refractivity contribution >= 4 is 31.0 Å². The maximum absolute atomic E-state index is 14.9. The summed E-state index contributed by atoms with van der Waals surface area (Å²) in [7, 11) is -0.425. The predicted octanol–water partition coefficient (Wildman–Crippen LogP) is 5.79. The van der Waals surface area contributed by atoms with Crippen molar-refractivity contribution in [2.45, 2.75) is 77.2 Å². The van der Waals surface area contributed by atoms with Crippen LogP contribution in [0.25, 0.3) is 10.9 Å². The van der Waals surface area contributed by atoms with Crippen molar-refractivity contribution in [1.29, 1.82) is 0 Å². The standard InChI is InChI=1S/C28H37F2N3O3Si/c1-6-7-8-20-17-22-21-15-19(29)16-23(30)25(21)31-26(22)27(33(20)24(34)11-14-37(3,4)5)18-9-12-32(13-10-18)28(35)36-2/h15-16,18,20,27,31H,6-10,12-13,17H2,1-5H3/t20-,27-/m0/s1. The minimum atomic E-state index is -1.80. The third kappa shape index (κ3) is 5.69. The number of carbonyl (C=O) groups excluding carboxylic acids is 2. The van der Waals surface area contributed by atoms with Crippen molar-refractivity contribution in [1.82, 2.24) is 14.8 Å². The highest BCUT2D eigenvalue weighted by Crippen LogP contribution is 2.45. The topological polar surface area (TPSA) is 65.6 Å². The molecule has 1 aromatic carbocycles. The van der Waals surface area contributed by atoms with Gasteiger partial charge < -0.3 is 19.5 Å². The van der Waals surface area contributed by atoms with E-state index in [9.17, 15) is 18.4 Å². The molecule has 0 bridgehead atoms. The molecule has 0 aliphatic carbocycles. The summed E-state index contributed by atoms with van der Waals surface area (Å²) in [4.78, 5) is 32.7. The number of aromatic amines is 1. The van der Waals surface area contributed by atoms with Crippen LogP contribution >= 0.6 is 0 Å². The number of piperidine rings is 1. The largest absolute Gasteiger partial charge is 0.453 e. The van der Waals surface area contributed by atoms with Gasteiger partial charge in [-0.2, -0.15) is 0 Å². The van der Waals surface area contributed by atoms with E-state index in [-0.39, 0.29) is 35.5 Å². The van der Waals surface area contributed by atoms with Gasteiger partial charge in [0.2, 0.25) is 0 Å². The van der Waals surface area contributed by atoms with Crippen LogP contribution in [0.15, 0.2) is 12.1 Å². The molecule has 2 aliphatic heterocycles. The number of nitrogens with one attached hydrogen (secondary N) is 1. The Morgan fingerprint density at radius 2 is 1.89 bits per heavy atom. The minimum absolute atomic E-state index is 0.0303. The highest BCUT2D eigenvalue weighted by Gasteiger charge is 2.44. The number of likely N-dealkylation sites (tertiary alicyclic amines) is 1. The van der Waals surface area contributed by atoms with E-state index in [1.807, 2.05) is 4.90 Å². The number of unbranched alkanes of at least 4 members (excludes halogenated alkanes) is 1. The second-order valence-electron chi connectivity index (χ2n) is 11.3. The summed E-state index contributed by atoms with van der Waals surface area (Å²) < 4.78 is 34.0. The number of carbonyl (C=O) groups is 2. The molecule has 2 aromatic rings. The van der Waals surface area contributed by atoms with E-state index < -0.39 is 19.7 Å². The molecule has 0 spiro atoms. The first-order chi connectivity index (χ1) is 17.5. The SMILES string of the molecule is CCCC[C@H]1Cc2c([nH]c3c(F)cc(F)cc23)[C@H](C2CCN(C(=O)OC)CC2)N1C(=O)C#C[Si](C)(C)C. The van der Waals surface area contributed by atoms with Gasteiger partial charge in [-0.05, 0) is 49.2 Å². The number of halogens is 2. The van der Waals surface area contributed by atoms with Crippen LogP contribution in [0.2, 0.25) is 19.6 Å². The second-order valence-corrected chi connectivity index (χ2v) is 16.0. The van der Waals surface area contributed by atoms with E-state index >= 15 is 0 Å². The summed E-state index contributed by atoms with van der Waals surface area (Å²) in [6, 6.07) is 1.81. The number of hydrogen-bond acceptors (Lipinski definition) is 3. The van der Waals surface area contributed by atoms with Crippen LogP contribution in [-0.4, -0.2) is 61.1 Å². The molecule has 9 heteroatoms. The Hall–Kier alpha value is -2.86. The summed E-state index contributed by atoms with van der Waals surface area (Å²) in [5.74, 6) is 1.53. The number of fused-ring (bicyclic) bond motifs is 3. The lowest BCUT2D eigenvalue weighted by Crippen LogP contribution is -2.51. The summed E-state index contributed by atoms with van der Waals surface area (Å²) in [6.45, 7) is 9.44. The summed E-state index contributed by atoms with van der Waals surface area (Å²) >= 11 is 0. The molecule has 6 nitrogen and oxygen atoms in total. The summed E-state index contributed by atoms with van der Waals surface area (Å²) in [5.41, 5.74) is 5.16. The van der Waals surface area contributed by atoms with Crippen LogP contribution in [0.4, 0.5) is 13.6 Å². The minimum Gasteiger partial charge on any atom is -0.453 e. The van der Waals surface area contributed by atoms with Gasteiger partial charge in [-0.25, -0.2) is 13.6 Å². The summed E-state index contributed by atoms with van der Waals surface area (Å²) in [6.07, 6.45) is 4.19. The molecule has 4 rings (SSSR count). The molecule has 0 radical (unpaired) electrons. The van der Waals surface area contributed by atoms with Crippen molar-refractivity contribution in [3.05, 3.63) is 35.0 Å². The molecule has 0 saturated carbocycles. The van der Waals surface area contributed by atoms with Crippen LogP contribution in [0.5, 0.6) is 0 Å². The lowest BCUT2D eigenvalue weighted by atomic mass is 9.79. The molecule has 1 fully saturated rings. The number of H-pyrrole nitrogens is 1. The van der Waals surface area contributed by atoms with Crippen molar-refractivity contribution in [3.63, 3.8) is 0 Å². The van der Waals surface area contributed by atoms with Gasteiger partial charge in [0, 0.05) is 36.3 Å². The molecule has 200 valence electrons. The third-order valence-corrected chi connectivity index (χ3v) is 8.36. The van der Waals surface area contributed by atoms with Crippen LogP contribution in [0, 0.1) is 29.0 Å². The van der Waals surface area contributed by atoms with Crippen molar-refractivity contribution in [2.24, 2.45) is 5.92 Å². The molecule has 0 unspecified atom stereocenters. The van der Waals surface area contributed by atoms with Gasteiger partial charge in [-0.1, -0.05) is 39.4 Å². The normalized spacial score (nSPS) is 20.4. The Bertz CT molecular complexity index is 1240. The maximum atomic E-state index is 14.9. The Morgan fingerprint density at radius 1 is 1.19 bits per heavy atom. The van der Waals surface area contributed by atoms with E-state index in [1.165, 1.54) is 13.2 Å². The summed E-state index contributed by atoms with van der Waals surface area (Å²) in [5, 5.41) is 0.547. The molecule has 1 aromatic heterocycles. The molecule has 2 atom stereocenters. The first-order valence-electron chi connectivity index (χ1n) is 13.2. The first-order valence-corrected chi connectivity index (χ1v) is 16.7. The van der Waals surface area contributed by atoms with E-state index in [1.54, 1.807) is 4.90 Å². The fourth-order valence-corrected chi connectivity index (χ4v) is 6.22. The third-order valence-electron chi connectivity index (χ3n) is 7.48. The Kier molecular flexibility index (Phi) is 7.98. The fourth-order valence-electron chi connectivity index (χ4n) is 5.73. The van der Waals surface area contributed by atoms with Crippen molar-refractivity contribution in [3.8, 4) is 11.5 Å².